The lowest BCUT2D eigenvalue weighted by molar-refractivity contribution is 0.480. The third kappa shape index (κ3) is 2.44. The first-order valence-electron chi connectivity index (χ1n) is 6.39. The number of piperazine rings is 1. The van der Waals surface area contributed by atoms with Gasteiger partial charge in [-0.05, 0) is 19.1 Å². The number of nitrogens with zero attached hydrogens (tertiary/aromatic N) is 3. The van der Waals surface area contributed by atoms with Crippen LogP contribution < -0.4 is 10.2 Å². The summed E-state index contributed by atoms with van der Waals surface area (Å²) >= 11 is 0. The third-order valence-corrected chi connectivity index (χ3v) is 3.25. The van der Waals surface area contributed by atoms with Gasteiger partial charge in [0.1, 0.15) is 5.82 Å². The largest absolute Gasteiger partial charge is 0.337 e. The molecule has 0 spiro atoms. The molecule has 100 valence electrons. The Kier molecular flexibility index (Phi) is 3.16. The summed E-state index contributed by atoms with van der Waals surface area (Å²) in [4.78, 5) is 6.49. The molecule has 2 N–H and O–H groups in total. The fourth-order valence-electron chi connectivity index (χ4n) is 2.28. The molecular weight excluding hydrogens is 245 g/mol. The molecule has 1 saturated heterocycles. The predicted octanol–water partition coefficient (Wildman–Crippen LogP) is 1.41. The molecule has 0 saturated carbocycles. The van der Waals surface area contributed by atoms with Gasteiger partial charge in [0.05, 0.1) is 5.56 Å². The van der Waals surface area contributed by atoms with Gasteiger partial charge in [0, 0.05) is 25.7 Å². The van der Waals surface area contributed by atoms with Crippen LogP contribution in [0.4, 0.5) is 10.3 Å². The van der Waals surface area contributed by atoms with Gasteiger partial charge in [0.2, 0.25) is 5.95 Å². The molecule has 1 atom stereocenters. The van der Waals surface area contributed by atoms with Gasteiger partial charge in [0.15, 0.2) is 5.82 Å². The molecule has 1 unspecified atom stereocenters. The molecule has 1 fully saturated rings. The maximum atomic E-state index is 13.7. The van der Waals surface area contributed by atoms with E-state index >= 15 is 0 Å². The standard InChI is InChI=1S/C13H16FN5/c1-9-8-19(7-6-15-9)13-16-12(17-18-13)10-4-2-3-5-11(10)14/h2-5,9,15H,6-8H2,1H3,(H,16,17,18). The minimum atomic E-state index is -0.293. The van der Waals surface area contributed by atoms with Gasteiger partial charge in [0.25, 0.3) is 0 Å². The van der Waals surface area contributed by atoms with E-state index in [1.807, 2.05) is 0 Å². The van der Waals surface area contributed by atoms with Crippen molar-refractivity contribution >= 4 is 5.95 Å². The van der Waals surface area contributed by atoms with E-state index in [-0.39, 0.29) is 5.82 Å². The van der Waals surface area contributed by atoms with Crippen molar-refractivity contribution in [3.05, 3.63) is 30.1 Å². The quantitative estimate of drug-likeness (QED) is 0.858. The zero-order chi connectivity index (χ0) is 13.2. The summed E-state index contributed by atoms with van der Waals surface area (Å²) in [6.07, 6.45) is 0. The topological polar surface area (TPSA) is 56.8 Å². The zero-order valence-electron chi connectivity index (χ0n) is 10.7. The summed E-state index contributed by atoms with van der Waals surface area (Å²) in [5, 5.41) is 10.4. The summed E-state index contributed by atoms with van der Waals surface area (Å²) in [5.41, 5.74) is 0.449. The first-order valence-corrected chi connectivity index (χ1v) is 6.39. The average molecular weight is 261 g/mol. The van der Waals surface area contributed by atoms with Gasteiger partial charge >= 0.3 is 0 Å². The van der Waals surface area contributed by atoms with Crippen molar-refractivity contribution in [1.82, 2.24) is 20.5 Å². The van der Waals surface area contributed by atoms with Crippen LogP contribution in [0.5, 0.6) is 0 Å². The minimum absolute atomic E-state index is 0.293. The SMILES string of the molecule is CC1CN(c2n[nH]c(-c3ccccc3F)n2)CCN1. The summed E-state index contributed by atoms with van der Waals surface area (Å²) in [7, 11) is 0. The average Bonchev–Trinajstić information content (AvgIpc) is 2.89. The second-order valence-electron chi connectivity index (χ2n) is 4.77. The van der Waals surface area contributed by atoms with Gasteiger partial charge in [-0.3, -0.25) is 5.10 Å². The Balaban J connectivity index is 1.85. The highest BCUT2D eigenvalue weighted by molar-refractivity contribution is 5.57. The molecule has 5 nitrogen and oxygen atoms in total. The fraction of sp³-hybridized carbons (Fsp3) is 0.385. The van der Waals surface area contributed by atoms with Crippen molar-refractivity contribution in [3.8, 4) is 11.4 Å². The maximum absolute atomic E-state index is 13.7. The molecule has 2 aromatic rings. The van der Waals surface area contributed by atoms with E-state index in [0.717, 1.165) is 19.6 Å². The highest BCUT2D eigenvalue weighted by Crippen LogP contribution is 2.20. The van der Waals surface area contributed by atoms with Crippen LogP contribution in [-0.4, -0.2) is 40.9 Å². The molecule has 1 aromatic carbocycles. The van der Waals surface area contributed by atoms with Crippen molar-refractivity contribution < 1.29 is 4.39 Å². The molecule has 1 aliphatic heterocycles. The number of aromatic nitrogens is 3. The van der Waals surface area contributed by atoms with Crippen LogP contribution in [0.2, 0.25) is 0 Å². The number of aromatic amines is 1. The second kappa shape index (κ2) is 4.97. The number of nitrogens with one attached hydrogen (secondary N) is 2. The summed E-state index contributed by atoms with van der Waals surface area (Å²) in [5.74, 6) is 0.810. The van der Waals surface area contributed by atoms with Gasteiger partial charge < -0.3 is 10.2 Å². The molecular formula is C13H16FN5. The highest BCUT2D eigenvalue weighted by Gasteiger charge is 2.20. The van der Waals surface area contributed by atoms with Crippen LogP contribution >= 0.6 is 0 Å². The Morgan fingerprint density at radius 3 is 3.00 bits per heavy atom. The molecule has 19 heavy (non-hydrogen) atoms. The molecule has 0 radical (unpaired) electrons. The fourth-order valence-corrected chi connectivity index (χ4v) is 2.28. The van der Waals surface area contributed by atoms with Crippen molar-refractivity contribution in [2.75, 3.05) is 24.5 Å². The summed E-state index contributed by atoms with van der Waals surface area (Å²) < 4.78 is 13.7. The second-order valence-corrected chi connectivity index (χ2v) is 4.77. The Bertz CT molecular complexity index is 568. The first kappa shape index (κ1) is 12.1. The summed E-state index contributed by atoms with van der Waals surface area (Å²) in [6, 6.07) is 6.97. The molecule has 3 rings (SSSR count). The number of rotatable bonds is 2. The Morgan fingerprint density at radius 1 is 1.37 bits per heavy atom. The number of halogens is 1. The Labute approximate surface area is 110 Å². The highest BCUT2D eigenvalue weighted by atomic mass is 19.1. The van der Waals surface area contributed by atoms with Crippen LogP contribution in [-0.2, 0) is 0 Å². The maximum Gasteiger partial charge on any atom is 0.245 e. The summed E-state index contributed by atoms with van der Waals surface area (Å²) in [6.45, 7) is 4.74. The molecule has 6 heteroatoms. The van der Waals surface area contributed by atoms with Crippen LogP contribution in [0, 0.1) is 5.82 Å². The Morgan fingerprint density at radius 2 is 2.21 bits per heavy atom. The number of hydrogen-bond acceptors (Lipinski definition) is 4. The number of benzene rings is 1. The van der Waals surface area contributed by atoms with Gasteiger partial charge in [-0.1, -0.05) is 12.1 Å². The van der Waals surface area contributed by atoms with Crippen LogP contribution in [0.1, 0.15) is 6.92 Å². The van der Waals surface area contributed by atoms with Crippen LogP contribution in [0.3, 0.4) is 0 Å². The minimum Gasteiger partial charge on any atom is -0.337 e. The van der Waals surface area contributed by atoms with Gasteiger partial charge in [-0.25, -0.2) is 4.39 Å². The molecule has 0 aliphatic carbocycles. The smallest absolute Gasteiger partial charge is 0.245 e. The lowest BCUT2D eigenvalue weighted by Crippen LogP contribution is -2.49. The molecule has 1 aliphatic rings. The van der Waals surface area contributed by atoms with E-state index in [4.69, 9.17) is 0 Å². The van der Waals surface area contributed by atoms with Crippen molar-refractivity contribution in [2.24, 2.45) is 0 Å². The van der Waals surface area contributed by atoms with Crippen molar-refractivity contribution in [2.45, 2.75) is 13.0 Å². The van der Waals surface area contributed by atoms with E-state index in [2.05, 4.69) is 32.3 Å². The van der Waals surface area contributed by atoms with E-state index < -0.39 is 0 Å². The van der Waals surface area contributed by atoms with Gasteiger partial charge in [-0.15, -0.1) is 5.10 Å². The van der Waals surface area contributed by atoms with Crippen molar-refractivity contribution in [3.63, 3.8) is 0 Å². The van der Waals surface area contributed by atoms with E-state index in [9.17, 15) is 4.39 Å². The monoisotopic (exact) mass is 261 g/mol. The molecule has 0 bridgehead atoms. The normalized spacial score (nSPS) is 19.7. The number of H-pyrrole nitrogens is 1. The lowest BCUT2D eigenvalue weighted by atomic mass is 10.2. The van der Waals surface area contributed by atoms with Crippen molar-refractivity contribution in [1.29, 1.82) is 0 Å². The molecule has 0 amide bonds. The van der Waals surface area contributed by atoms with Crippen LogP contribution in [0.15, 0.2) is 24.3 Å². The number of anilines is 1. The van der Waals surface area contributed by atoms with E-state index in [1.165, 1.54) is 6.07 Å². The number of hydrogen-bond donors (Lipinski definition) is 2. The lowest BCUT2D eigenvalue weighted by Gasteiger charge is -2.30. The van der Waals surface area contributed by atoms with E-state index in [0.29, 0.717) is 23.4 Å². The first-order chi connectivity index (χ1) is 9.24. The van der Waals surface area contributed by atoms with Gasteiger partial charge in [-0.2, -0.15) is 4.98 Å². The third-order valence-electron chi connectivity index (χ3n) is 3.25. The Hall–Kier alpha value is -1.95. The molecule has 1 aromatic heterocycles. The predicted molar refractivity (Wildman–Crippen MR) is 71.5 cm³/mol. The van der Waals surface area contributed by atoms with Crippen LogP contribution in [0.25, 0.3) is 11.4 Å². The molecule has 2 heterocycles. The zero-order valence-corrected chi connectivity index (χ0v) is 10.7. The van der Waals surface area contributed by atoms with E-state index in [1.54, 1.807) is 18.2 Å².